The molecule has 0 N–H and O–H groups in total. The molecule has 0 amide bonds. The summed E-state index contributed by atoms with van der Waals surface area (Å²) in [5, 5.41) is 4.28. The van der Waals surface area contributed by atoms with Crippen molar-refractivity contribution >= 4 is 5.78 Å². The van der Waals surface area contributed by atoms with Crippen LogP contribution in [-0.4, -0.2) is 25.1 Å². The number of hydrogen-bond donors (Lipinski definition) is 0. The van der Waals surface area contributed by atoms with E-state index in [0.29, 0.717) is 6.42 Å². The van der Waals surface area contributed by atoms with Crippen LogP contribution >= 0.6 is 0 Å². The first-order valence-corrected chi connectivity index (χ1v) is 9.78. The molecule has 1 aliphatic heterocycles. The summed E-state index contributed by atoms with van der Waals surface area (Å²) in [6.45, 7) is 0. The monoisotopic (exact) mass is 404 g/mol. The number of ketones is 1. The Morgan fingerprint density at radius 1 is 1.07 bits per heavy atom. The van der Waals surface area contributed by atoms with E-state index in [2.05, 4.69) is 16.1 Å². The number of fused-ring (bicyclic) bond motifs is 3. The minimum absolute atomic E-state index is 0.213. The molecule has 0 unspecified atom stereocenters. The molecule has 0 saturated carbocycles. The second-order valence-corrected chi connectivity index (χ2v) is 7.33. The number of nitrogens with zero attached hydrogens (tertiary/aromatic N) is 4. The van der Waals surface area contributed by atoms with Crippen LogP contribution < -0.4 is 0 Å². The van der Waals surface area contributed by atoms with Crippen molar-refractivity contribution in [2.45, 2.75) is 25.7 Å². The molecule has 0 aliphatic carbocycles. The lowest BCUT2D eigenvalue weighted by Crippen LogP contribution is -2.08. The maximum Gasteiger partial charge on any atom is 0.187 e. The molecule has 0 saturated heterocycles. The highest BCUT2D eigenvalue weighted by molar-refractivity contribution is 5.95. The lowest BCUT2D eigenvalue weighted by Gasteiger charge is -2.11. The Labute approximate surface area is 171 Å². The average Bonchev–Trinajstić information content (AvgIpc) is 3.39. The third-order valence-electron chi connectivity index (χ3n) is 5.41. The second kappa shape index (κ2) is 7.33. The van der Waals surface area contributed by atoms with Gasteiger partial charge in [0.2, 0.25) is 0 Å². The molecule has 150 valence electrons. The number of halogens is 2. The summed E-state index contributed by atoms with van der Waals surface area (Å²) in [5.74, 6) is -1.09. The first-order chi connectivity index (χ1) is 14.6. The van der Waals surface area contributed by atoms with Gasteiger partial charge in [0.1, 0.15) is 23.2 Å². The van der Waals surface area contributed by atoms with Crippen LogP contribution in [-0.2, 0) is 19.3 Å². The van der Waals surface area contributed by atoms with Gasteiger partial charge in [0.15, 0.2) is 5.78 Å². The van der Waals surface area contributed by atoms with Gasteiger partial charge in [-0.25, -0.2) is 18.4 Å². The molecule has 1 aliphatic rings. The van der Waals surface area contributed by atoms with Crippen molar-refractivity contribution in [2.75, 3.05) is 0 Å². The third-order valence-corrected chi connectivity index (χ3v) is 5.41. The first-order valence-electron chi connectivity index (χ1n) is 9.78. The molecule has 0 atom stereocenters. The van der Waals surface area contributed by atoms with Gasteiger partial charge in [-0.1, -0.05) is 12.1 Å². The summed E-state index contributed by atoms with van der Waals surface area (Å²) in [4.78, 5) is 17.3. The van der Waals surface area contributed by atoms with E-state index in [9.17, 15) is 13.6 Å². The number of rotatable bonds is 4. The number of imidazole rings is 1. The fourth-order valence-electron chi connectivity index (χ4n) is 3.88. The van der Waals surface area contributed by atoms with Gasteiger partial charge in [-0.05, 0) is 48.7 Å². The zero-order chi connectivity index (χ0) is 20.7. The topological polar surface area (TPSA) is 52.7 Å². The lowest BCUT2D eigenvalue weighted by atomic mass is 10.1. The Morgan fingerprint density at radius 3 is 2.67 bits per heavy atom. The van der Waals surface area contributed by atoms with Crippen LogP contribution in [0.15, 0.2) is 61.1 Å². The molecule has 0 bridgehead atoms. The van der Waals surface area contributed by atoms with E-state index in [0.717, 1.165) is 47.7 Å². The summed E-state index contributed by atoms with van der Waals surface area (Å²) in [7, 11) is 0. The molecular weight excluding hydrogens is 386 g/mol. The number of hydrogen-bond acceptors (Lipinski definition) is 3. The van der Waals surface area contributed by atoms with Gasteiger partial charge < -0.3 is 4.57 Å². The molecule has 0 fully saturated rings. The molecule has 0 radical (unpaired) electrons. The molecule has 2 aromatic carbocycles. The normalized spacial score (nSPS) is 12.9. The summed E-state index contributed by atoms with van der Waals surface area (Å²) < 4.78 is 31.6. The maximum absolute atomic E-state index is 14.0. The largest absolute Gasteiger partial charge is 0.303 e. The van der Waals surface area contributed by atoms with Crippen LogP contribution in [0.3, 0.4) is 0 Å². The number of aryl methyl sites for hydroxylation is 2. The van der Waals surface area contributed by atoms with E-state index in [1.54, 1.807) is 17.1 Å². The molecule has 2 aromatic heterocycles. The van der Waals surface area contributed by atoms with Crippen molar-refractivity contribution in [3.63, 3.8) is 0 Å². The van der Waals surface area contributed by atoms with E-state index in [1.807, 2.05) is 29.0 Å². The fraction of sp³-hybridized carbons (Fsp3) is 0.174. The molecular formula is C23H18F2N4O. The van der Waals surface area contributed by atoms with Gasteiger partial charge in [-0.3, -0.25) is 4.79 Å². The zero-order valence-electron chi connectivity index (χ0n) is 16.1. The standard InChI is InChI=1S/C23H18F2N4O/c24-18-5-2-6-19(25)17(18)13-22(30)20-14-28-21-12-16(29-11-3-10-26-29)9-8-15(21)4-1-7-23(28)27-20/h2-3,5-6,8-12,14H,1,4,7,13H2. The third kappa shape index (κ3) is 3.22. The summed E-state index contributed by atoms with van der Waals surface area (Å²) in [6, 6.07) is 11.5. The molecule has 30 heavy (non-hydrogen) atoms. The SMILES string of the molecule is O=C(Cc1c(F)cccc1F)c1cn2c(n1)CCCc1ccc(-n3cccn3)cc1-2. The number of carbonyl (C=O) groups excluding carboxylic acids is 1. The molecule has 4 aromatic rings. The van der Waals surface area contributed by atoms with Gasteiger partial charge in [-0.2, -0.15) is 5.10 Å². The minimum atomic E-state index is -0.724. The van der Waals surface area contributed by atoms with E-state index in [-0.39, 0.29) is 17.7 Å². The zero-order valence-corrected chi connectivity index (χ0v) is 16.1. The highest BCUT2D eigenvalue weighted by atomic mass is 19.1. The van der Waals surface area contributed by atoms with Crippen molar-refractivity contribution in [2.24, 2.45) is 0 Å². The predicted octanol–water partition coefficient (Wildman–Crippen LogP) is 4.25. The van der Waals surface area contributed by atoms with E-state index in [1.165, 1.54) is 6.07 Å². The summed E-state index contributed by atoms with van der Waals surface area (Å²) >= 11 is 0. The van der Waals surface area contributed by atoms with Crippen molar-refractivity contribution in [1.82, 2.24) is 19.3 Å². The highest BCUT2D eigenvalue weighted by Gasteiger charge is 2.22. The van der Waals surface area contributed by atoms with Gasteiger partial charge in [0.25, 0.3) is 0 Å². The molecule has 7 heteroatoms. The molecule has 3 heterocycles. The minimum Gasteiger partial charge on any atom is -0.303 e. The Balaban J connectivity index is 1.53. The van der Waals surface area contributed by atoms with Crippen LogP contribution in [0, 0.1) is 11.6 Å². The van der Waals surface area contributed by atoms with E-state index < -0.39 is 17.4 Å². The van der Waals surface area contributed by atoms with Crippen LogP contribution in [0.2, 0.25) is 0 Å². The smallest absolute Gasteiger partial charge is 0.187 e. The van der Waals surface area contributed by atoms with Crippen molar-refractivity contribution in [1.29, 1.82) is 0 Å². The predicted molar refractivity (Wildman–Crippen MR) is 107 cm³/mol. The van der Waals surface area contributed by atoms with Crippen LogP contribution in [0.1, 0.15) is 33.9 Å². The van der Waals surface area contributed by atoms with Crippen LogP contribution in [0.5, 0.6) is 0 Å². The van der Waals surface area contributed by atoms with Crippen molar-refractivity contribution in [3.8, 4) is 11.4 Å². The highest BCUT2D eigenvalue weighted by Crippen LogP contribution is 2.27. The number of aromatic nitrogens is 4. The fourth-order valence-corrected chi connectivity index (χ4v) is 3.88. The Kier molecular flexibility index (Phi) is 4.50. The summed E-state index contributed by atoms with van der Waals surface area (Å²) in [5.41, 5.74) is 2.99. The average molecular weight is 404 g/mol. The maximum atomic E-state index is 14.0. The summed E-state index contributed by atoms with van der Waals surface area (Å²) in [6.07, 6.45) is 7.41. The van der Waals surface area contributed by atoms with Gasteiger partial charge in [-0.15, -0.1) is 0 Å². The number of benzene rings is 2. The second-order valence-electron chi connectivity index (χ2n) is 7.33. The van der Waals surface area contributed by atoms with Crippen LogP contribution in [0.4, 0.5) is 8.78 Å². The van der Waals surface area contributed by atoms with Crippen molar-refractivity contribution in [3.05, 3.63) is 95.3 Å². The lowest BCUT2D eigenvalue weighted by molar-refractivity contribution is 0.0986. The van der Waals surface area contributed by atoms with Gasteiger partial charge in [0, 0.05) is 37.0 Å². The molecule has 5 nitrogen and oxygen atoms in total. The van der Waals surface area contributed by atoms with Crippen molar-refractivity contribution < 1.29 is 13.6 Å². The molecule has 5 rings (SSSR count). The van der Waals surface area contributed by atoms with E-state index in [4.69, 9.17) is 0 Å². The van der Waals surface area contributed by atoms with Gasteiger partial charge in [0.05, 0.1) is 11.4 Å². The van der Waals surface area contributed by atoms with Crippen LogP contribution in [0.25, 0.3) is 11.4 Å². The Morgan fingerprint density at radius 2 is 1.90 bits per heavy atom. The van der Waals surface area contributed by atoms with E-state index >= 15 is 0 Å². The quantitative estimate of drug-likeness (QED) is 0.478. The molecule has 0 spiro atoms. The number of Topliss-reactive ketones (excluding diaryl/α,β-unsaturated/α-hetero) is 1. The first kappa shape index (κ1) is 18.4. The Bertz CT molecular complexity index is 1220. The Hall–Kier alpha value is -3.61. The van der Waals surface area contributed by atoms with Gasteiger partial charge >= 0.3 is 0 Å². The number of carbonyl (C=O) groups is 1.